The first-order valence-corrected chi connectivity index (χ1v) is 11.9. The Bertz CT molecular complexity index is 1010. The molecule has 0 aliphatic heterocycles. The van der Waals surface area contributed by atoms with Crippen molar-refractivity contribution in [1.82, 2.24) is 14.3 Å². The lowest BCUT2D eigenvalue weighted by atomic mass is 9.96. The largest absolute Gasteiger partial charge is 0.480 e. The molecule has 2 aromatic rings. The summed E-state index contributed by atoms with van der Waals surface area (Å²) in [5.41, 5.74) is 1.41. The van der Waals surface area contributed by atoms with Crippen molar-refractivity contribution in [3.8, 4) is 29.1 Å². The molecule has 0 amide bonds. The molecule has 0 atom stereocenters. The maximum absolute atomic E-state index is 14.3. The van der Waals surface area contributed by atoms with Crippen LogP contribution in [-0.4, -0.2) is 47.6 Å². The summed E-state index contributed by atoms with van der Waals surface area (Å²) in [6.45, 7) is 9.97. The van der Waals surface area contributed by atoms with Crippen molar-refractivity contribution in [1.29, 1.82) is 10.5 Å². The Hall–Kier alpha value is -2.90. The molecule has 1 aromatic heterocycles. The highest BCUT2D eigenvalue weighted by Crippen LogP contribution is 2.53. The van der Waals surface area contributed by atoms with E-state index in [9.17, 15) is 15.1 Å². The van der Waals surface area contributed by atoms with Gasteiger partial charge in [-0.05, 0) is 5.56 Å². The van der Waals surface area contributed by atoms with Crippen molar-refractivity contribution >= 4 is 13.4 Å². The number of pyridine rings is 1. The van der Waals surface area contributed by atoms with Gasteiger partial charge in [-0.1, -0.05) is 58.0 Å². The maximum atomic E-state index is 14.3. The molecule has 1 heterocycles. The highest BCUT2D eigenvalue weighted by atomic mass is 31.2. The molecule has 8 nitrogen and oxygen atoms in total. The van der Waals surface area contributed by atoms with E-state index in [1.54, 1.807) is 0 Å². The number of nitrogens with one attached hydrogen (secondary N) is 1. The van der Waals surface area contributed by atoms with Crippen LogP contribution in [0, 0.1) is 22.7 Å². The van der Waals surface area contributed by atoms with Gasteiger partial charge in [-0.15, -0.1) is 0 Å². The fourth-order valence-corrected chi connectivity index (χ4v) is 6.18. The molecule has 1 aromatic carbocycles. The molecule has 2 rings (SSSR count). The van der Waals surface area contributed by atoms with Gasteiger partial charge in [0.1, 0.15) is 23.3 Å². The molecule has 1 N–H and O–H groups in total. The number of ether oxygens (including phenoxy) is 1. The van der Waals surface area contributed by atoms with Gasteiger partial charge < -0.3 is 4.74 Å². The molecular formula is C22H29N6O2P. The standard InChI is InChI=1S/C22H29N6O2P/c1-6-27(7-2)31(29,28(8-3)9-4)26-21-18(15-23)20(17-13-11-10-12-14-17)19(16-24)22(25-21)30-5/h10-14H,6-9H2,1-5H3,(H,25,26,29). The summed E-state index contributed by atoms with van der Waals surface area (Å²) in [6.07, 6.45) is 0. The Morgan fingerprint density at radius 1 is 0.968 bits per heavy atom. The van der Waals surface area contributed by atoms with Crippen molar-refractivity contribution in [3.05, 3.63) is 41.5 Å². The molecular weight excluding hydrogens is 411 g/mol. The highest BCUT2D eigenvalue weighted by Gasteiger charge is 2.36. The Balaban J connectivity index is 2.83. The van der Waals surface area contributed by atoms with Crippen LogP contribution in [0.1, 0.15) is 38.8 Å². The number of nitrogens with zero attached hydrogens (tertiary/aromatic N) is 5. The van der Waals surface area contributed by atoms with Crippen molar-refractivity contribution in [2.75, 3.05) is 38.4 Å². The number of anilines is 1. The van der Waals surface area contributed by atoms with Gasteiger partial charge in [0.2, 0.25) is 5.88 Å². The highest BCUT2D eigenvalue weighted by molar-refractivity contribution is 7.60. The van der Waals surface area contributed by atoms with Crippen LogP contribution in [0.4, 0.5) is 5.82 Å². The van der Waals surface area contributed by atoms with Crippen LogP contribution in [0.25, 0.3) is 11.1 Å². The molecule has 0 aliphatic rings. The molecule has 0 bridgehead atoms. The Labute approximate surface area is 184 Å². The van der Waals surface area contributed by atoms with Crippen LogP contribution in [0.5, 0.6) is 5.88 Å². The molecule has 0 unspecified atom stereocenters. The summed E-state index contributed by atoms with van der Waals surface area (Å²) in [4.78, 5) is 4.40. The van der Waals surface area contributed by atoms with E-state index >= 15 is 0 Å². The molecule has 0 radical (unpaired) electrons. The Morgan fingerprint density at radius 3 is 1.90 bits per heavy atom. The lowest BCUT2D eigenvalue weighted by Gasteiger charge is -2.37. The third-order valence-electron chi connectivity index (χ3n) is 5.12. The van der Waals surface area contributed by atoms with Gasteiger partial charge in [0.15, 0.2) is 5.82 Å². The fraction of sp³-hybridized carbons (Fsp3) is 0.409. The lowest BCUT2D eigenvalue weighted by Crippen LogP contribution is -2.35. The number of rotatable bonds is 10. The van der Waals surface area contributed by atoms with Gasteiger partial charge in [-0.25, -0.2) is 9.34 Å². The van der Waals surface area contributed by atoms with E-state index in [-0.39, 0.29) is 22.8 Å². The summed E-state index contributed by atoms with van der Waals surface area (Å²) in [5, 5.41) is 22.9. The van der Waals surface area contributed by atoms with Gasteiger partial charge in [-0.3, -0.25) is 9.65 Å². The zero-order chi connectivity index (χ0) is 23.0. The first kappa shape index (κ1) is 24.4. The molecule has 0 fully saturated rings. The van der Waals surface area contributed by atoms with Crippen LogP contribution in [0.2, 0.25) is 0 Å². The van der Waals surface area contributed by atoms with Crippen LogP contribution in [0.15, 0.2) is 30.3 Å². The van der Waals surface area contributed by atoms with Crippen molar-refractivity contribution in [2.45, 2.75) is 27.7 Å². The van der Waals surface area contributed by atoms with E-state index in [0.29, 0.717) is 37.3 Å². The average Bonchev–Trinajstić information content (AvgIpc) is 2.80. The van der Waals surface area contributed by atoms with E-state index < -0.39 is 7.59 Å². The Morgan fingerprint density at radius 2 is 1.48 bits per heavy atom. The number of benzene rings is 1. The second-order valence-electron chi connectivity index (χ2n) is 6.62. The minimum atomic E-state index is -3.30. The normalized spacial score (nSPS) is 11.3. The average molecular weight is 440 g/mol. The Kier molecular flexibility index (Phi) is 8.59. The molecule has 0 aliphatic carbocycles. The summed E-state index contributed by atoms with van der Waals surface area (Å²) in [5.74, 6) is 0.216. The maximum Gasteiger partial charge on any atom is 0.309 e. The predicted octanol–water partition coefficient (Wildman–Crippen LogP) is 4.70. The number of nitriles is 2. The molecule has 31 heavy (non-hydrogen) atoms. The third-order valence-corrected chi connectivity index (χ3v) is 8.29. The molecule has 0 spiro atoms. The van der Waals surface area contributed by atoms with Gasteiger partial charge in [-0.2, -0.15) is 15.5 Å². The van der Waals surface area contributed by atoms with Gasteiger partial charge >= 0.3 is 7.59 Å². The van der Waals surface area contributed by atoms with Crippen molar-refractivity contribution in [3.63, 3.8) is 0 Å². The lowest BCUT2D eigenvalue weighted by molar-refractivity contribution is 0.364. The van der Waals surface area contributed by atoms with E-state index in [0.717, 1.165) is 0 Å². The molecule has 164 valence electrons. The predicted molar refractivity (Wildman–Crippen MR) is 123 cm³/mol. The van der Waals surface area contributed by atoms with Crippen LogP contribution in [0.3, 0.4) is 0 Å². The fourth-order valence-electron chi connectivity index (χ4n) is 3.57. The van der Waals surface area contributed by atoms with E-state index in [1.807, 2.05) is 67.4 Å². The quantitative estimate of drug-likeness (QED) is 0.530. The van der Waals surface area contributed by atoms with Crippen LogP contribution < -0.4 is 9.82 Å². The third kappa shape index (κ3) is 4.73. The van der Waals surface area contributed by atoms with E-state index in [1.165, 1.54) is 7.11 Å². The van der Waals surface area contributed by atoms with E-state index in [4.69, 9.17) is 4.74 Å². The smallest absolute Gasteiger partial charge is 0.309 e. The van der Waals surface area contributed by atoms with Gasteiger partial charge in [0.25, 0.3) is 0 Å². The summed E-state index contributed by atoms with van der Waals surface area (Å²) >= 11 is 0. The minimum Gasteiger partial charge on any atom is -0.480 e. The second kappa shape index (κ2) is 10.9. The SMILES string of the molecule is CCN(CC)P(=O)(Nc1nc(OC)c(C#N)c(-c2ccccc2)c1C#N)N(CC)CC. The zero-order valence-corrected chi connectivity index (χ0v) is 19.6. The summed E-state index contributed by atoms with van der Waals surface area (Å²) in [7, 11) is -1.88. The van der Waals surface area contributed by atoms with Gasteiger partial charge in [0, 0.05) is 31.7 Å². The monoisotopic (exact) mass is 440 g/mol. The van der Waals surface area contributed by atoms with Crippen molar-refractivity contribution in [2.24, 2.45) is 0 Å². The topological polar surface area (TPSA) is 105 Å². The minimum absolute atomic E-state index is 0.0773. The number of hydrogen-bond acceptors (Lipinski definition) is 5. The second-order valence-corrected chi connectivity index (χ2v) is 9.06. The summed E-state index contributed by atoms with van der Waals surface area (Å²) in [6, 6.07) is 13.4. The van der Waals surface area contributed by atoms with Gasteiger partial charge in [0.05, 0.1) is 7.11 Å². The first-order chi connectivity index (χ1) is 14.9. The number of hydrogen-bond donors (Lipinski definition) is 1. The number of methoxy groups -OCH3 is 1. The first-order valence-electron chi connectivity index (χ1n) is 10.3. The van der Waals surface area contributed by atoms with Crippen LogP contribution in [-0.2, 0) is 4.57 Å². The molecule has 0 saturated carbocycles. The molecule has 0 saturated heterocycles. The van der Waals surface area contributed by atoms with Crippen molar-refractivity contribution < 1.29 is 9.30 Å². The molecule has 9 heteroatoms. The van der Waals surface area contributed by atoms with Crippen LogP contribution >= 0.6 is 7.59 Å². The zero-order valence-electron chi connectivity index (χ0n) is 18.7. The van der Waals surface area contributed by atoms with E-state index in [2.05, 4.69) is 22.2 Å². The number of aromatic nitrogens is 1. The summed E-state index contributed by atoms with van der Waals surface area (Å²) < 4.78 is 23.3.